The summed E-state index contributed by atoms with van der Waals surface area (Å²) in [5, 5.41) is 12.7. The summed E-state index contributed by atoms with van der Waals surface area (Å²) in [6.45, 7) is 6.23. The number of urea groups is 1. The molecule has 5 aromatic rings. The van der Waals surface area contributed by atoms with Crippen LogP contribution in [0.15, 0.2) is 103 Å². The number of aromatic nitrogens is 2. The number of aromatic hydroxyl groups is 1. The Kier molecular flexibility index (Phi) is 9.66. The van der Waals surface area contributed by atoms with Gasteiger partial charge in [0, 0.05) is 18.2 Å². The second-order valence-corrected chi connectivity index (χ2v) is 11.5. The van der Waals surface area contributed by atoms with Gasteiger partial charge < -0.3 is 25.8 Å². The fraction of sp³-hybridized carbons (Fsp3) is 0.222. The van der Waals surface area contributed by atoms with Crippen molar-refractivity contribution in [2.24, 2.45) is 5.73 Å². The SMILES string of the molecule is Cc1ccn2c(CN(C(=O)Nc3ccc(C(=O)OC(C)C)cc3)[C@@H](Cc3ccc(O)cc3)C(N)=O)c[n+](Cc3ccccc3)c2c1. The Morgan fingerprint density at radius 2 is 1.65 bits per heavy atom. The van der Waals surface area contributed by atoms with Gasteiger partial charge in [0.15, 0.2) is 5.69 Å². The Hall–Kier alpha value is -5.64. The maximum atomic E-state index is 14.0. The number of nitrogens with two attached hydrogens (primary N) is 1. The normalized spacial score (nSPS) is 11.7. The standard InChI is InChI=1S/C36H37N5O5/c1-24(2)46-35(44)28-11-13-29(14-12-28)38-36(45)41(32(34(37)43)20-26-9-15-31(42)16-10-26)23-30-22-39(21-27-7-5-4-6-8-27)33-19-25(3)17-18-40(30)33/h4-19,22,24,32H,20-21,23H2,1-3H3,(H3-,37,38,42,43,44,45)/p+1/t32-/m0/s1. The van der Waals surface area contributed by atoms with Gasteiger partial charge in [-0.15, -0.1) is 0 Å². The molecule has 5 rings (SSSR count). The number of amides is 3. The number of pyridine rings is 1. The lowest BCUT2D eigenvalue weighted by Crippen LogP contribution is -2.50. The van der Waals surface area contributed by atoms with Crippen molar-refractivity contribution in [2.75, 3.05) is 5.32 Å². The van der Waals surface area contributed by atoms with Crippen LogP contribution in [0.2, 0.25) is 0 Å². The van der Waals surface area contributed by atoms with Crippen molar-refractivity contribution in [2.45, 2.75) is 52.4 Å². The third kappa shape index (κ3) is 7.71. The Bertz CT molecular complexity index is 1830. The van der Waals surface area contributed by atoms with E-state index in [9.17, 15) is 19.5 Å². The van der Waals surface area contributed by atoms with E-state index >= 15 is 0 Å². The number of ether oxygens (including phenoxy) is 1. The zero-order chi connectivity index (χ0) is 32.8. The highest BCUT2D eigenvalue weighted by atomic mass is 16.5. The fourth-order valence-corrected chi connectivity index (χ4v) is 5.27. The third-order valence-corrected chi connectivity index (χ3v) is 7.57. The second kappa shape index (κ2) is 14.0. The number of phenols is 1. The summed E-state index contributed by atoms with van der Waals surface area (Å²) in [5.74, 6) is -1.05. The Morgan fingerprint density at radius 1 is 0.957 bits per heavy atom. The summed E-state index contributed by atoms with van der Waals surface area (Å²) in [6, 6.07) is 25.4. The van der Waals surface area contributed by atoms with Gasteiger partial charge in [0.05, 0.1) is 24.4 Å². The Morgan fingerprint density at radius 3 is 2.30 bits per heavy atom. The number of esters is 1. The van der Waals surface area contributed by atoms with Crippen LogP contribution in [0, 0.1) is 6.92 Å². The number of benzene rings is 3. The summed E-state index contributed by atoms with van der Waals surface area (Å²) in [4.78, 5) is 40.8. The molecule has 0 spiro atoms. The molecule has 0 aliphatic carbocycles. The predicted molar refractivity (Wildman–Crippen MR) is 174 cm³/mol. The lowest BCUT2D eigenvalue weighted by molar-refractivity contribution is -0.662. The molecule has 10 nitrogen and oxygen atoms in total. The molecule has 10 heteroatoms. The molecule has 1 atom stereocenters. The molecule has 0 fully saturated rings. The third-order valence-electron chi connectivity index (χ3n) is 7.57. The number of fused-ring (bicyclic) bond motifs is 1. The van der Waals surface area contributed by atoms with E-state index in [1.54, 1.807) is 50.2 Å². The van der Waals surface area contributed by atoms with Crippen molar-refractivity contribution in [3.8, 4) is 5.75 Å². The monoisotopic (exact) mass is 620 g/mol. The minimum atomic E-state index is -1.02. The van der Waals surface area contributed by atoms with Crippen molar-refractivity contribution in [1.82, 2.24) is 9.30 Å². The lowest BCUT2D eigenvalue weighted by Gasteiger charge is -2.29. The van der Waals surface area contributed by atoms with Gasteiger partial charge in [0.25, 0.3) is 5.65 Å². The Balaban J connectivity index is 1.50. The average Bonchev–Trinajstić information content (AvgIpc) is 3.35. The lowest BCUT2D eigenvalue weighted by atomic mass is 10.0. The molecule has 0 saturated carbocycles. The molecule has 2 heterocycles. The predicted octanol–water partition coefficient (Wildman–Crippen LogP) is 4.99. The molecule has 3 aromatic carbocycles. The molecule has 0 aliphatic rings. The van der Waals surface area contributed by atoms with Gasteiger partial charge in [-0.3, -0.25) is 4.79 Å². The minimum Gasteiger partial charge on any atom is -0.508 e. The number of rotatable bonds is 11. The quantitative estimate of drug-likeness (QED) is 0.142. The first-order chi connectivity index (χ1) is 22.1. The molecule has 2 aromatic heterocycles. The van der Waals surface area contributed by atoms with Crippen LogP contribution >= 0.6 is 0 Å². The van der Waals surface area contributed by atoms with Crippen LogP contribution in [0.5, 0.6) is 5.75 Å². The van der Waals surface area contributed by atoms with E-state index < -0.39 is 23.9 Å². The first-order valence-corrected chi connectivity index (χ1v) is 15.1. The van der Waals surface area contributed by atoms with E-state index in [0.29, 0.717) is 17.8 Å². The first kappa shape index (κ1) is 31.8. The number of nitrogens with zero attached hydrogens (tertiary/aromatic N) is 3. The molecule has 0 saturated heterocycles. The summed E-state index contributed by atoms with van der Waals surface area (Å²) in [7, 11) is 0. The molecule has 4 N–H and O–H groups in total. The van der Waals surface area contributed by atoms with Gasteiger partial charge >= 0.3 is 12.0 Å². The molecule has 0 unspecified atom stereocenters. The van der Waals surface area contributed by atoms with Gasteiger partial charge in [0.2, 0.25) is 5.91 Å². The summed E-state index contributed by atoms with van der Waals surface area (Å²) < 4.78 is 9.38. The van der Waals surface area contributed by atoms with Gasteiger partial charge in [-0.1, -0.05) is 42.5 Å². The topological polar surface area (TPSA) is 130 Å². The van der Waals surface area contributed by atoms with E-state index in [0.717, 1.165) is 28.0 Å². The zero-order valence-electron chi connectivity index (χ0n) is 26.1. The number of carbonyl (C=O) groups is 3. The van der Waals surface area contributed by atoms with Gasteiger partial charge in [-0.05, 0) is 79.9 Å². The number of hydrogen-bond donors (Lipinski definition) is 3. The summed E-state index contributed by atoms with van der Waals surface area (Å²) >= 11 is 0. The molecular formula is C36H38N5O5+. The molecular weight excluding hydrogens is 582 g/mol. The highest BCUT2D eigenvalue weighted by molar-refractivity contribution is 5.94. The van der Waals surface area contributed by atoms with Crippen LogP contribution in [0.3, 0.4) is 0 Å². The number of primary amides is 1. The minimum absolute atomic E-state index is 0.0579. The van der Waals surface area contributed by atoms with Crippen LogP contribution in [0.1, 0.15) is 46.6 Å². The summed E-state index contributed by atoms with van der Waals surface area (Å²) in [5.41, 5.74) is 11.4. The van der Waals surface area contributed by atoms with Crippen LogP contribution in [-0.4, -0.2) is 44.5 Å². The van der Waals surface area contributed by atoms with Crippen molar-refractivity contribution in [1.29, 1.82) is 0 Å². The number of carbonyl (C=O) groups excluding carboxylic acids is 3. The van der Waals surface area contributed by atoms with Crippen LogP contribution in [0.4, 0.5) is 10.5 Å². The van der Waals surface area contributed by atoms with Crippen LogP contribution < -0.4 is 15.6 Å². The average molecular weight is 621 g/mol. The largest absolute Gasteiger partial charge is 0.508 e. The molecule has 0 aliphatic heterocycles. The maximum absolute atomic E-state index is 14.0. The number of aryl methyl sites for hydroxylation is 1. The number of imidazole rings is 1. The molecule has 236 valence electrons. The zero-order valence-corrected chi connectivity index (χ0v) is 26.1. The van der Waals surface area contributed by atoms with Crippen molar-refractivity contribution in [3.63, 3.8) is 0 Å². The van der Waals surface area contributed by atoms with E-state index in [1.165, 1.54) is 17.0 Å². The van der Waals surface area contributed by atoms with Gasteiger partial charge in [0.1, 0.15) is 24.5 Å². The summed E-state index contributed by atoms with van der Waals surface area (Å²) in [6.07, 6.45) is 3.80. The number of anilines is 1. The van der Waals surface area contributed by atoms with Crippen LogP contribution in [-0.2, 0) is 29.0 Å². The smallest absolute Gasteiger partial charge is 0.338 e. The van der Waals surface area contributed by atoms with Crippen molar-refractivity contribution >= 4 is 29.2 Å². The van der Waals surface area contributed by atoms with Crippen LogP contribution in [0.25, 0.3) is 5.65 Å². The van der Waals surface area contributed by atoms with E-state index in [1.807, 2.05) is 48.0 Å². The number of phenolic OH excluding ortho intramolecular Hbond substituents is 1. The molecule has 0 bridgehead atoms. The highest BCUT2D eigenvalue weighted by Crippen LogP contribution is 2.20. The van der Waals surface area contributed by atoms with E-state index in [-0.39, 0.29) is 24.8 Å². The van der Waals surface area contributed by atoms with E-state index in [4.69, 9.17) is 10.5 Å². The molecule has 46 heavy (non-hydrogen) atoms. The van der Waals surface area contributed by atoms with E-state index in [2.05, 4.69) is 28.1 Å². The molecule has 0 radical (unpaired) electrons. The van der Waals surface area contributed by atoms with Gasteiger partial charge in [-0.25, -0.2) is 14.2 Å². The molecule has 3 amide bonds. The Labute approximate surface area is 267 Å². The second-order valence-electron chi connectivity index (χ2n) is 11.5. The number of hydrogen-bond acceptors (Lipinski definition) is 5. The maximum Gasteiger partial charge on any atom is 0.338 e. The van der Waals surface area contributed by atoms with Crippen molar-refractivity contribution in [3.05, 3.63) is 131 Å². The fourth-order valence-electron chi connectivity index (χ4n) is 5.27. The number of nitrogens with one attached hydrogen (secondary N) is 1. The highest BCUT2D eigenvalue weighted by Gasteiger charge is 2.32. The first-order valence-electron chi connectivity index (χ1n) is 15.1. The van der Waals surface area contributed by atoms with Gasteiger partial charge in [-0.2, -0.15) is 4.40 Å². The van der Waals surface area contributed by atoms with Crippen molar-refractivity contribution < 1.29 is 28.8 Å².